The van der Waals surface area contributed by atoms with Crippen LogP contribution in [0.15, 0.2) is 10.7 Å². The Balaban J connectivity index is 2.21. The summed E-state index contributed by atoms with van der Waals surface area (Å²) < 4.78 is 3.35. The third-order valence-corrected chi connectivity index (χ3v) is 3.50. The summed E-state index contributed by atoms with van der Waals surface area (Å²) in [6.45, 7) is 4.41. The fraction of sp³-hybridized carbons (Fsp3) is 0.700. The van der Waals surface area contributed by atoms with Crippen LogP contribution in [0.25, 0.3) is 0 Å². The van der Waals surface area contributed by atoms with Crippen LogP contribution in [-0.2, 0) is 6.42 Å². The Morgan fingerprint density at radius 2 is 2.29 bits per heavy atom. The summed E-state index contributed by atoms with van der Waals surface area (Å²) in [5.74, 6) is 0. The average molecular weight is 258 g/mol. The second kappa shape index (κ2) is 4.45. The van der Waals surface area contributed by atoms with Gasteiger partial charge in [-0.3, -0.25) is 4.68 Å². The van der Waals surface area contributed by atoms with Crippen LogP contribution in [0.3, 0.4) is 0 Å². The highest BCUT2D eigenvalue weighted by Crippen LogP contribution is 2.24. The van der Waals surface area contributed by atoms with Crippen LogP contribution in [0, 0.1) is 0 Å². The van der Waals surface area contributed by atoms with Crippen molar-refractivity contribution in [2.75, 3.05) is 13.1 Å². The average Bonchev–Trinajstić information content (AvgIpc) is 2.61. The topological polar surface area (TPSA) is 29.9 Å². The van der Waals surface area contributed by atoms with E-state index in [1.165, 1.54) is 18.5 Å². The number of nitrogens with one attached hydrogen (secondary N) is 1. The zero-order valence-electron chi connectivity index (χ0n) is 8.46. The molecule has 14 heavy (non-hydrogen) atoms. The van der Waals surface area contributed by atoms with Gasteiger partial charge in [0.2, 0.25) is 0 Å². The highest BCUT2D eigenvalue weighted by atomic mass is 79.9. The predicted molar refractivity (Wildman–Crippen MR) is 60.4 cm³/mol. The van der Waals surface area contributed by atoms with Crippen molar-refractivity contribution in [3.63, 3.8) is 0 Å². The molecule has 1 aliphatic heterocycles. The molecular weight excluding hydrogens is 242 g/mol. The van der Waals surface area contributed by atoms with E-state index in [4.69, 9.17) is 0 Å². The van der Waals surface area contributed by atoms with E-state index in [1.807, 2.05) is 6.20 Å². The molecule has 0 aromatic carbocycles. The zero-order valence-corrected chi connectivity index (χ0v) is 10.0. The van der Waals surface area contributed by atoms with Crippen molar-refractivity contribution in [1.29, 1.82) is 0 Å². The number of hydrogen-bond acceptors (Lipinski definition) is 2. The highest BCUT2D eigenvalue weighted by molar-refractivity contribution is 9.10. The molecule has 3 nitrogen and oxygen atoms in total. The molecule has 0 saturated carbocycles. The molecule has 0 unspecified atom stereocenters. The molecule has 1 saturated heterocycles. The number of piperidine rings is 1. The van der Waals surface area contributed by atoms with Crippen molar-refractivity contribution in [3.05, 3.63) is 16.4 Å². The van der Waals surface area contributed by atoms with Crippen molar-refractivity contribution < 1.29 is 0 Å². The number of halogens is 1. The van der Waals surface area contributed by atoms with Crippen LogP contribution >= 0.6 is 15.9 Å². The van der Waals surface area contributed by atoms with Gasteiger partial charge in [-0.2, -0.15) is 5.10 Å². The summed E-state index contributed by atoms with van der Waals surface area (Å²) in [5.41, 5.74) is 1.33. The Kier molecular flexibility index (Phi) is 3.23. The second-order valence-corrected chi connectivity index (χ2v) is 4.57. The van der Waals surface area contributed by atoms with Gasteiger partial charge in [0.05, 0.1) is 22.4 Å². The van der Waals surface area contributed by atoms with Crippen molar-refractivity contribution in [2.45, 2.75) is 32.2 Å². The largest absolute Gasteiger partial charge is 0.317 e. The molecular formula is C10H16BrN3. The number of rotatable bonds is 2. The van der Waals surface area contributed by atoms with Crippen LogP contribution in [0.4, 0.5) is 0 Å². The van der Waals surface area contributed by atoms with Gasteiger partial charge in [0.15, 0.2) is 0 Å². The Labute approximate surface area is 93.0 Å². The first-order valence-corrected chi connectivity index (χ1v) is 6.04. The summed E-state index contributed by atoms with van der Waals surface area (Å²) in [6.07, 6.45) is 5.35. The van der Waals surface area contributed by atoms with Crippen LogP contribution < -0.4 is 5.32 Å². The van der Waals surface area contributed by atoms with Gasteiger partial charge >= 0.3 is 0 Å². The molecule has 4 heteroatoms. The van der Waals surface area contributed by atoms with E-state index in [0.717, 1.165) is 24.0 Å². The fourth-order valence-corrected chi connectivity index (χ4v) is 2.62. The molecule has 0 spiro atoms. The quantitative estimate of drug-likeness (QED) is 0.880. The van der Waals surface area contributed by atoms with E-state index in [9.17, 15) is 0 Å². The smallest absolute Gasteiger partial charge is 0.0635 e. The monoisotopic (exact) mass is 257 g/mol. The molecule has 1 N–H and O–H groups in total. The van der Waals surface area contributed by atoms with E-state index in [2.05, 4.69) is 38.0 Å². The second-order valence-electron chi connectivity index (χ2n) is 3.72. The minimum absolute atomic E-state index is 0.595. The predicted octanol–water partition coefficient (Wildman–Crippen LogP) is 2.13. The number of aromatic nitrogens is 2. The van der Waals surface area contributed by atoms with Crippen molar-refractivity contribution in [3.8, 4) is 0 Å². The Morgan fingerprint density at radius 1 is 1.57 bits per heavy atom. The van der Waals surface area contributed by atoms with E-state index in [0.29, 0.717) is 6.04 Å². The lowest BCUT2D eigenvalue weighted by atomic mass is 10.1. The molecule has 2 rings (SSSR count). The van der Waals surface area contributed by atoms with E-state index in [-0.39, 0.29) is 0 Å². The Hall–Kier alpha value is -0.350. The summed E-state index contributed by atoms with van der Waals surface area (Å²) in [4.78, 5) is 0. The van der Waals surface area contributed by atoms with Gasteiger partial charge in [0.1, 0.15) is 0 Å². The van der Waals surface area contributed by atoms with E-state index < -0.39 is 0 Å². The fourth-order valence-electron chi connectivity index (χ4n) is 2.06. The standard InChI is InChI=1S/C10H16BrN3/c1-2-10-9(11)7-13-14(10)8-3-5-12-6-4-8/h7-8,12H,2-6H2,1H3. The lowest BCUT2D eigenvalue weighted by molar-refractivity contribution is 0.335. The van der Waals surface area contributed by atoms with Crippen molar-refractivity contribution in [2.24, 2.45) is 0 Å². The normalized spacial score (nSPS) is 18.7. The SMILES string of the molecule is CCc1c(Br)cnn1C1CCNCC1. The summed E-state index contributed by atoms with van der Waals surface area (Å²) in [7, 11) is 0. The summed E-state index contributed by atoms with van der Waals surface area (Å²) >= 11 is 3.54. The summed E-state index contributed by atoms with van der Waals surface area (Å²) in [6, 6.07) is 0.595. The van der Waals surface area contributed by atoms with Gasteiger partial charge in [0.25, 0.3) is 0 Å². The first-order chi connectivity index (χ1) is 6.83. The van der Waals surface area contributed by atoms with E-state index in [1.54, 1.807) is 0 Å². The highest BCUT2D eigenvalue weighted by Gasteiger charge is 2.18. The Bertz CT molecular complexity index is 302. The van der Waals surface area contributed by atoms with Crippen LogP contribution in [-0.4, -0.2) is 22.9 Å². The Morgan fingerprint density at radius 3 is 2.93 bits per heavy atom. The van der Waals surface area contributed by atoms with Gasteiger partial charge in [-0.1, -0.05) is 6.92 Å². The molecule has 0 aliphatic carbocycles. The first-order valence-electron chi connectivity index (χ1n) is 5.25. The molecule has 1 fully saturated rings. The summed E-state index contributed by atoms with van der Waals surface area (Å²) in [5, 5.41) is 7.83. The molecule has 0 atom stereocenters. The molecule has 2 heterocycles. The van der Waals surface area contributed by atoms with Gasteiger partial charge < -0.3 is 5.32 Å². The van der Waals surface area contributed by atoms with Gasteiger partial charge in [0, 0.05) is 0 Å². The molecule has 0 radical (unpaired) electrons. The molecule has 78 valence electrons. The van der Waals surface area contributed by atoms with Gasteiger partial charge in [-0.25, -0.2) is 0 Å². The van der Waals surface area contributed by atoms with Crippen LogP contribution in [0.2, 0.25) is 0 Å². The number of hydrogen-bond donors (Lipinski definition) is 1. The molecule has 1 aromatic heterocycles. The van der Waals surface area contributed by atoms with Crippen molar-refractivity contribution in [1.82, 2.24) is 15.1 Å². The zero-order chi connectivity index (χ0) is 9.97. The minimum Gasteiger partial charge on any atom is -0.317 e. The van der Waals surface area contributed by atoms with E-state index >= 15 is 0 Å². The minimum atomic E-state index is 0.595. The van der Waals surface area contributed by atoms with Crippen molar-refractivity contribution >= 4 is 15.9 Å². The third-order valence-electron chi connectivity index (χ3n) is 2.84. The first kappa shape index (κ1) is 10.2. The third kappa shape index (κ3) is 1.86. The molecule has 1 aliphatic rings. The molecule has 0 amide bonds. The number of nitrogens with zero attached hydrogens (tertiary/aromatic N) is 2. The maximum Gasteiger partial charge on any atom is 0.0635 e. The van der Waals surface area contributed by atoms with Crippen LogP contribution in [0.1, 0.15) is 31.5 Å². The lowest BCUT2D eigenvalue weighted by Gasteiger charge is -2.24. The molecule has 1 aromatic rings. The van der Waals surface area contributed by atoms with Crippen LogP contribution in [0.5, 0.6) is 0 Å². The maximum atomic E-state index is 4.45. The van der Waals surface area contributed by atoms with Gasteiger partial charge in [-0.15, -0.1) is 0 Å². The lowest BCUT2D eigenvalue weighted by Crippen LogP contribution is -2.30. The molecule has 0 bridgehead atoms. The van der Waals surface area contributed by atoms with Gasteiger partial charge in [-0.05, 0) is 48.3 Å². The maximum absolute atomic E-state index is 4.45.